The van der Waals surface area contributed by atoms with E-state index in [9.17, 15) is 5.11 Å². The van der Waals surface area contributed by atoms with E-state index in [4.69, 9.17) is 21.1 Å². The van der Waals surface area contributed by atoms with E-state index in [1.54, 1.807) is 6.07 Å². The number of aryl methyl sites for hydroxylation is 4. The van der Waals surface area contributed by atoms with Crippen molar-refractivity contribution in [3.63, 3.8) is 0 Å². The molecule has 1 aliphatic rings. The summed E-state index contributed by atoms with van der Waals surface area (Å²) in [4.78, 5) is 5.03. The number of nitrogens with one attached hydrogen (secondary N) is 1. The van der Waals surface area contributed by atoms with Gasteiger partial charge in [-0.2, -0.15) is 0 Å². The second-order valence-corrected chi connectivity index (χ2v) is 9.42. The number of hydrogen-bond acceptors (Lipinski definition) is 5. The third-order valence-corrected chi connectivity index (χ3v) is 6.93. The van der Waals surface area contributed by atoms with Crippen LogP contribution in [0.25, 0.3) is 16.8 Å². The lowest BCUT2D eigenvalue weighted by molar-refractivity contribution is 0.393. The molecular weight excluding hydrogens is 436 g/mol. The second kappa shape index (κ2) is 9.10. The summed E-state index contributed by atoms with van der Waals surface area (Å²) in [7, 11) is 0. The third kappa shape index (κ3) is 4.44. The zero-order valence-electron chi connectivity index (χ0n) is 19.1. The fourth-order valence-electron chi connectivity index (χ4n) is 4.88. The first kappa shape index (κ1) is 21.8. The molecule has 2 N–H and O–H groups in total. The van der Waals surface area contributed by atoms with Gasteiger partial charge in [0.15, 0.2) is 0 Å². The molecule has 4 aromatic rings. The first-order valence-electron chi connectivity index (χ1n) is 11.7. The van der Waals surface area contributed by atoms with Gasteiger partial charge in [-0.1, -0.05) is 42.1 Å². The summed E-state index contributed by atoms with van der Waals surface area (Å²) in [6.07, 6.45) is 9.90. The number of imidazole rings is 1. The fourth-order valence-corrected chi connectivity index (χ4v) is 5.08. The number of benzene rings is 1. The lowest BCUT2D eigenvalue weighted by atomic mass is 9.95. The van der Waals surface area contributed by atoms with Crippen molar-refractivity contribution < 1.29 is 9.63 Å². The maximum Gasteiger partial charge on any atom is 0.141 e. The molecular formula is C26H29ClN4O2. The number of aromatic nitrogens is 3. The van der Waals surface area contributed by atoms with Gasteiger partial charge in [0.1, 0.15) is 23.0 Å². The van der Waals surface area contributed by atoms with Crippen molar-refractivity contribution in [2.45, 2.75) is 64.8 Å². The van der Waals surface area contributed by atoms with Crippen LogP contribution in [-0.4, -0.2) is 25.7 Å². The highest BCUT2D eigenvalue weighted by Gasteiger charge is 2.20. The Bertz CT molecular complexity index is 1270. The number of anilines is 1. The van der Waals surface area contributed by atoms with Crippen LogP contribution in [0.1, 0.15) is 54.8 Å². The molecule has 172 valence electrons. The van der Waals surface area contributed by atoms with Crippen molar-refractivity contribution in [3.8, 4) is 16.9 Å². The maximum absolute atomic E-state index is 9.73. The number of phenolic OH excluding ortho intramolecular Hbond substituents is 1. The van der Waals surface area contributed by atoms with Crippen molar-refractivity contribution in [3.05, 3.63) is 64.3 Å². The van der Waals surface area contributed by atoms with Crippen molar-refractivity contribution in [2.24, 2.45) is 0 Å². The summed E-state index contributed by atoms with van der Waals surface area (Å²) in [6, 6.07) is 10.1. The molecule has 0 saturated heterocycles. The van der Waals surface area contributed by atoms with E-state index in [2.05, 4.69) is 33.2 Å². The van der Waals surface area contributed by atoms with E-state index in [-0.39, 0.29) is 5.75 Å². The number of rotatable bonds is 6. The highest BCUT2D eigenvalue weighted by Crippen LogP contribution is 2.31. The molecule has 7 heteroatoms. The smallest absolute Gasteiger partial charge is 0.141 e. The average Bonchev–Trinajstić information content (AvgIpc) is 3.33. The molecule has 6 nitrogen and oxygen atoms in total. The van der Waals surface area contributed by atoms with Crippen LogP contribution < -0.4 is 5.32 Å². The lowest BCUT2D eigenvalue weighted by Crippen LogP contribution is -2.23. The van der Waals surface area contributed by atoms with E-state index in [1.165, 1.54) is 32.1 Å². The Kier molecular flexibility index (Phi) is 6.02. The molecule has 1 saturated carbocycles. The predicted octanol–water partition coefficient (Wildman–Crippen LogP) is 6.49. The number of aromatic hydroxyl groups is 1. The molecule has 0 spiro atoms. The molecule has 0 bridgehead atoms. The summed E-state index contributed by atoms with van der Waals surface area (Å²) >= 11 is 6.12. The molecule has 0 atom stereocenters. The molecule has 0 aliphatic heterocycles. The van der Waals surface area contributed by atoms with Crippen LogP contribution in [0, 0.1) is 13.8 Å². The first-order chi connectivity index (χ1) is 16.0. The topological polar surface area (TPSA) is 75.6 Å². The summed E-state index contributed by atoms with van der Waals surface area (Å²) in [5, 5.41) is 18.0. The van der Waals surface area contributed by atoms with Crippen LogP contribution in [0.3, 0.4) is 0 Å². The minimum absolute atomic E-state index is 0.111. The molecule has 3 heterocycles. The molecule has 0 unspecified atom stereocenters. The Morgan fingerprint density at radius 3 is 2.67 bits per heavy atom. The predicted molar refractivity (Wildman–Crippen MR) is 131 cm³/mol. The van der Waals surface area contributed by atoms with Crippen molar-refractivity contribution in [2.75, 3.05) is 5.32 Å². The van der Waals surface area contributed by atoms with Crippen LogP contribution in [0.2, 0.25) is 5.02 Å². The van der Waals surface area contributed by atoms with E-state index >= 15 is 0 Å². The Morgan fingerprint density at radius 1 is 1.12 bits per heavy atom. The second-order valence-electron chi connectivity index (χ2n) is 9.01. The van der Waals surface area contributed by atoms with Gasteiger partial charge in [-0.25, -0.2) is 4.98 Å². The summed E-state index contributed by atoms with van der Waals surface area (Å²) in [6.45, 7) is 3.90. The molecule has 1 aromatic carbocycles. The maximum atomic E-state index is 9.73. The van der Waals surface area contributed by atoms with Gasteiger partial charge in [0, 0.05) is 17.8 Å². The largest absolute Gasteiger partial charge is 0.506 e. The van der Waals surface area contributed by atoms with E-state index < -0.39 is 0 Å². The Hall–Kier alpha value is -2.99. The minimum Gasteiger partial charge on any atom is -0.506 e. The van der Waals surface area contributed by atoms with Crippen LogP contribution >= 0.6 is 11.6 Å². The molecule has 3 aromatic heterocycles. The zero-order chi connectivity index (χ0) is 22.9. The SMILES string of the molecule is Cc1noc(C)c1-c1ccn2c(NC3CCCCC3)c(CCc3ccc(O)c(Cl)c3)nc2c1. The number of hydrogen-bond donors (Lipinski definition) is 2. The van der Waals surface area contributed by atoms with Crippen LogP contribution in [0.5, 0.6) is 5.75 Å². The Morgan fingerprint density at radius 2 is 1.94 bits per heavy atom. The van der Waals surface area contributed by atoms with Crippen molar-refractivity contribution in [1.82, 2.24) is 14.5 Å². The molecule has 1 aliphatic carbocycles. The number of pyridine rings is 1. The monoisotopic (exact) mass is 464 g/mol. The van der Waals surface area contributed by atoms with Gasteiger partial charge in [-0.05, 0) is 74.9 Å². The van der Waals surface area contributed by atoms with Gasteiger partial charge in [-0.3, -0.25) is 4.40 Å². The molecule has 0 radical (unpaired) electrons. The van der Waals surface area contributed by atoms with E-state index in [1.807, 2.05) is 26.0 Å². The molecule has 33 heavy (non-hydrogen) atoms. The van der Waals surface area contributed by atoms with Crippen molar-refractivity contribution in [1.29, 1.82) is 0 Å². The molecule has 0 amide bonds. The van der Waals surface area contributed by atoms with E-state index in [0.717, 1.165) is 58.1 Å². The summed E-state index contributed by atoms with van der Waals surface area (Å²) < 4.78 is 7.54. The first-order valence-corrected chi connectivity index (χ1v) is 12.1. The highest BCUT2D eigenvalue weighted by atomic mass is 35.5. The third-order valence-electron chi connectivity index (χ3n) is 6.63. The quantitative estimate of drug-likeness (QED) is 0.341. The van der Waals surface area contributed by atoms with E-state index in [0.29, 0.717) is 11.1 Å². The highest BCUT2D eigenvalue weighted by molar-refractivity contribution is 6.32. The number of nitrogens with zero attached hydrogens (tertiary/aromatic N) is 3. The zero-order valence-corrected chi connectivity index (χ0v) is 19.8. The van der Waals surface area contributed by atoms with Crippen LogP contribution in [-0.2, 0) is 12.8 Å². The van der Waals surface area contributed by atoms with Crippen molar-refractivity contribution >= 4 is 23.1 Å². The minimum atomic E-state index is 0.111. The van der Waals surface area contributed by atoms with Gasteiger partial charge in [0.2, 0.25) is 0 Å². The Balaban J connectivity index is 1.50. The lowest BCUT2D eigenvalue weighted by Gasteiger charge is -2.24. The summed E-state index contributed by atoms with van der Waals surface area (Å²) in [5.74, 6) is 2.00. The Labute approximate surface area is 198 Å². The van der Waals surface area contributed by atoms with Crippen LogP contribution in [0.15, 0.2) is 41.1 Å². The standard InChI is InChI=1S/C26H29ClN4O2/c1-16-25(17(2)33-30-16)19-12-13-31-24(15-19)29-22(26(31)28-20-6-4-3-5-7-20)10-8-18-9-11-23(32)21(27)14-18/h9,11-15,20,28,32H,3-8,10H2,1-2H3. The van der Waals surface area contributed by atoms with Gasteiger partial charge < -0.3 is 14.9 Å². The number of halogens is 1. The summed E-state index contributed by atoms with van der Waals surface area (Å²) in [5.41, 5.74) is 6.00. The van der Waals surface area contributed by atoms with Gasteiger partial charge in [0.25, 0.3) is 0 Å². The molecule has 5 rings (SSSR count). The number of fused-ring (bicyclic) bond motifs is 1. The fraction of sp³-hybridized carbons (Fsp3) is 0.385. The normalized spacial score (nSPS) is 14.8. The van der Waals surface area contributed by atoms with Gasteiger partial charge in [-0.15, -0.1) is 0 Å². The van der Waals surface area contributed by atoms with Gasteiger partial charge >= 0.3 is 0 Å². The average molecular weight is 465 g/mol. The van der Waals surface area contributed by atoms with Crippen LogP contribution in [0.4, 0.5) is 5.82 Å². The number of phenols is 1. The molecule has 1 fully saturated rings. The van der Waals surface area contributed by atoms with Gasteiger partial charge in [0.05, 0.1) is 16.4 Å².